The van der Waals surface area contributed by atoms with E-state index < -0.39 is 0 Å². The first-order chi connectivity index (χ1) is 14.8. The van der Waals surface area contributed by atoms with Crippen molar-refractivity contribution in [3.8, 4) is 0 Å². The third kappa shape index (κ3) is 9.00. The second-order valence-electron chi connectivity index (χ2n) is 8.61. The molecule has 0 bridgehead atoms. The van der Waals surface area contributed by atoms with E-state index in [4.69, 9.17) is 0 Å². The van der Waals surface area contributed by atoms with Gasteiger partial charge in [-0.25, -0.2) is 0 Å². The van der Waals surface area contributed by atoms with E-state index in [2.05, 4.69) is 92.8 Å². The Bertz CT molecular complexity index is 1010. The summed E-state index contributed by atoms with van der Waals surface area (Å²) in [6.07, 6.45) is 1.88. The smallest absolute Gasteiger partial charge is 1.00 e. The molecule has 3 aromatic rings. The van der Waals surface area contributed by atoms with Crippen molar-refractivity contribution < 1.29 is 50.7 Å². The Kier molecular flexibility index (Phi) is 14.9. The number of nitrogens with one attached hydrogen (secondary N) is 3. The van der Waals surface area contributed by atoms with Crippen LogP contribution in [-0.4, -0.2) is 18.1 Å². The predicted octanol–water partition coefficient (Wildman–Crippen LogP) is -0.249. The maximum absolute atomic E-state index is 4.62. The molecule has 0 aliphatic rings. The molecule has 7 heteroatoms. The predicted molar refractivity (Wildman–Crippen MR) is 133 cm³/mol. The number of nitrogens with zero attached hydrogens (tertiary/aromatic N) is 1. The SMILES string of the molecule is Cc1cc(C)c(NCCNCc2ncccc2CNc2c(C)cc(C)cc2C)c(C)c1.[Br-].[Br-].[Co+2]. The van der Waals surface area contributed by atoms with Crippen molar-refractivity contribution in [2.45, 2.75) is 54.6 Å². The largest absolute Gasteiger partial charge is 2.00 e. The second kappa shape index (κ2) is 15.6. The van der Waals surface area contributed by atoms with Gasteiger partial charge in [0.05, 0.1) is 5.69 Å². The van der Waals surface area contributed by atoms with E-state index in [0.29, 0.717) is 0 Å². The number of anilines is 2. The zero-order valence-electron chi connectivity index (χ0n) is 20.9. The van der Waals surface area contributed by atoms with Crippen LogP contribution in [0.1, 0.15) is 44.6 Å². The van der Waals surface area contributed by atoms with Crippen LogP contribution < -0.4 is 49.9 Å². The molecule has 0 aliphatic heterocycles. The molecule has 0 unspecified atom stereocenters. The number of halogens is 2. The van der Waals surface area contributed by atoms with Crippen LogP contribution in [0.4, 0.5) is 11.4 Å². The molecular formula is C27H36Br2CoN4. The summed E-state index contributed by atoms with van der Waals surface area (Å²) in [5.74, 6) is 0. The molecule has 34 heavy (non-hydrogen) atoms. The minimum atomic E-state index is 0. The summed E-state index contributed by atoms with van der Waals surface area (Å²) in [5.41, 5.74) is 12.6. The van der Waals surface area contributed by atoms with Crippen LogP contribution in [0.15, 0.2) is 42.6 Å². The van der Waals surface area contributed by atoms with E-state index in [9.17, 15) is 0 Å². The molecular weight excluding hydrogens is 599 g/mol. The summed E-state index contributed by atoms with van der Waals surface area (Å²) >= 11 is 0. The quantitative estimate of drug-likeness (QED) is 0.285. The fourth-order valence-electron chi connectivity index (χ4n) is 4.38. The average Bonchev–Trinajstić information content (AvgIpc) is 2.69. The van der Waals surface area contributed by atoms with Crippen molar-refractivity contribution in [1.82, 2.24) is 10.3 Å². The van der Waals surface area contributed by atoms with E-state index in [1.54, 1.807) is 0 Å². The molecule has 0 atom stereocenters. The third-order valence-electron chi connectivity index (χ3n) is 5.69. The van der Waals surface area contributed by atoms with Gasteiger partial charge in [0.2, 0.25) is 0 Å². The number of aromatic nitrogens is 1. The normalized spacial score (nSPS) is 9.94. The molecule has 1 heterocycles. The van der Waals surface area contributed by atoms with Crippen LogP contribution in [0.3, 0.4) is 0 Å². The van der Waals surface area contributed by atoms with Gasteiger partial charge in [-0.3, -0.25) is 4.98 Å². The topological polar surface area (TPSA) is 49.0 Å². The van der Waals surface area contributed by atoms with E-state index >= 15 is 0 Å². The first kappa shape index (κ1) is 32.6. The minimum absolute atomic E-state index is 0. The van der Waals surface area contributed by atoms with Crippen LogP contribution in [0.2, 0.25) is 0 Å². The number of benzene rings is 2. The van der Waals surface area contributed by atoms with E-state index in [1.807, 2.05) is 12.3 Å². The molecule has 4 nitrogen and oxygen atoms in total. The second-order valence-corrected chi connectivity index (χ2v) is 8.61. The summed E-state index contributed by atoms with van der Waals surface area (Å²) in [6, 6.07) is 13.1. The number of rotatable bonds is 9. The molecule has 0 fully saturated rings. The van der Waals surface area contributed by atoms with E-state index in [1.165, 1.54) is 50.3 Å². The zero-order valence-corrected chi connectivity index (χ0v) is 25.1. The molecule has 187 valence electrons. The van der Waals surface area contributed by atoms with Crippen LogP contribution in [-0.2, 0) is 29.9 Å². The van der Waals surface area contributed by atoms with E-state index in [-0.39, 0.29) is 50.7 Å². The maximum Gasteiger partial charge on any atom is 2.00 e. The molecule has 2 aromatic carbocycles. The van der Waals surface area contributed by atoms with E-state index in [0.717, 1.165) is 31.9 Å². The molecule has 1 radical (unpaired) electrons. The molecule has 0 amide bonds. The van der Waals surface area contributed by atoms with Crippen molar-refractivity contribution in [3.63, 3.8) is 0 Å². The van der Waals surface area contributed by atoms with Crippen molar-refractivity contribution in [3.05, 3.63) is 87.2 Å². The Morgan fingerprint density at radius 1 is 0.676 bits per heavy atom. The maximum atomic E-state index is 4.62. The monoisotopic (exact) mass is 633 g/mol. The Labute approximate surface area is 236 Å². The summed E-state index contributed by atoms with van der Waals surface area (Å²) in [4.78, 5) is 4.62. The van der Waals surface area contributed by atoms with Gasteiger partial charge in [0.25, 0.3) is 0 Å². The van der Waals surface area contributed by atoms with Gasteiger partial charge >= 0.3 is 16.8 Å². The van der Waals surface area contributed by atoms with Gasteiger partial charge in [-0.15, -0.1) is 0 Å². The van der Waals surface area contributed by atoms with Crippen LogP contribution in [0, 0.1) is 41.5 Å². The van der Waals surface area contributed by atoms with Gasteiger partial charge in [0, 0.05) is 43.8 Å². The molecule has 0 aliphatic carbocycles. The fourth-order valence-corrected chi connectivity index (χ4v) is 4.38. The Morgan fingerprint density at radius 2 is 1.18 bits per heavy atom. The van der Waals surface area contributed by atoms with Gasteiger partial charge < -0.3 is 49.9 Å². The first-order valence-corrected chi connectivity index (χ1v) is 11.1. The fraction of sp³-hybridized carbons (Fsp3) is 0.370. The Hall–Kier alpha value is -1.38. The number of hydrogen-bond acceptors (Lipinski definition) is 4. The molecule has 0 saturated heterocycles. The third-order valence-corrected chi connectivity index (χ3v) is 5.69. The van der Waals surface area contributed by atoms with Gasteiger partial charge in [0.1, 0.15) is 0 Å². The van der Waals surface area contributed by atoms with Gasteiger partial charge in [-0.2, -0.15) is 0 Å². The molecule has 0 saturated carbocycles. The number of aryl methyl sites for hydroxylation is 6. The van der Waals surface area contributed by atoms with Crippen molar-refractivity contribution in [2.75, 3.05) is 23.7 Å². The minimum Gasteiger partial charge on any atom is -1.00 e. The average molecular weight is 635 g/mol. The van der Waals surface area contributed by atoms with Crippen molar-refractivity contribution in [1.29, 1.82) is 0 Å². The first-order valence-electron chi connectivity index (χ1n) is 11.1. The van der Waals surface area contributed by atoms with Gasteiger partial charge in [0.15, 0.2) is 0 Å². The summed E-state index contributed by atoms with van der Waals surface area (Å²) in [5, 5.41) is 10.7. The van der Waals surface area contributed by atoms with Gasteiger partial charge in [-0.1, -0.05) is 41.5 Å². The Morgan fingerprint density at radius 3 is 1.71 bits per heavy atom. The van der Waals surface area contributed by atoms with Crippen LogP contribution >= 0.6 is 0 Å². The number of pyridine rings is 1. The summed E-state index contributed by atoms with van der Waals surface area (Å²) in [6.45, 7) is 16.3. The van der Waals surface area contributed by atoms with Crippen LogP contribution in [0.25, 0.3) is 0 Å². The van der Waals surface area contributed by atoms with Crippen molar-refractivity contribution in [2.24, 2.45) is 0 Å². The molecule has 1 aromatic heterocycles. The van der Waals surface area contributed by atoms with Gasteiger partial charge in [-0.05, 0) is 75.4 Å². The van der Waals surface area contributed by atoms with Crippen molar-refractivity contribution >= 4 is 11.4 Å². The molecule has 3 N–H and O–H groups in total. The summed E-state index contributed by atoms with van der Waals surface area (Å²) in [7, 11) is 0. The standard InChI is InChI=1S/C27H36N4.2BrH.Co/c1-18-12-20(3)26(21(4)13-18)30-11-10-28-17-25-24(8-7-9-29-25)16-31-27-22(5)14-19(2)15-23(27)6;;;/h7-9,12-15,28,30-31H,10-11,16-17H2,1-6H3;2*1H;/q;;;+2/p-2. The molecule has 3 rings (SSSR count). The number of hydrogen-bond donors (Lipinski definition) is 3. The summed E-state index contributed by atoms with van der Waals surface area (Å²) < 4.78 is 0. The zero-order chi connectivity index (χ0) is 22.4. The molecule has 0 spiro atoms. The van der Waals surface area contributed by atoms with Crippen LogP contribution in [0.5, 0.6) is 0 Å². The Balaban J connectivity index is 0.00000363.